The Morgan fingerprint density at radius 1 is 1.30 bits per heavy atom. The van der Waals surface area contributed by atoms with Crippen molar-refractivity contribution < 1.29 is 27.9 Å². The number of sulfonamides is 1. The van der Waals surface area contributed by atoms with E-state index in [1.807, 2.05) is 35.2 Å². The summed E-state index contributed by atoms with van der Waals surface area (Å²) in [4.78, 5) is 26.9. The molecule has 1 fully saturated rings. The molecule has 1 aliphatic rings. The predicted molar refractivity (Wildman–Crippen MR) is 100 cm³/mol. The lowest BCUT2D eigenvalue weighted by atomic mass is 10.2. The van der Waals surface area contributed by atoms with Crippen molar-refractivity contribution in [3.05, 3.63) is 30.3 Å². The molecule has 1 aromatic carbocycles. The summed E-state index contributed by atoms with van der Waals surface area (Å²) in [6, 6.07) is 9.27. The van der Waals surface area contributed by atoms with E-state index < -0.39 is 28.6 Å². The van der Waals surface area contributed by atoms with Crippen LogP contribution >= 0.6 is 0 Å². The number of para-hydroxylation sites is 1. The van der Waals surface area contributed by atoms with Crippen molar-refractivity contribution in [2.75, 3.05) is 57.5 Å². The Bertz CT molecular complexity index is 755. The lowest BCUT2D eigenvalue weighted by Gasteiger charge is -2.35. The summed E-state index contributed by atoms with van der Waals surface area (Å²) in [5.41, 5.74) is 0.789. The molecule has 1 heterocycles. The number of hydrogen-bond acceptors (Lipinski definition) is 6. The molecule has 0 spiro atoms. The molecule has 0 aliphatic carbocycles. The Balaban J connectivity index is 1.95. The van der Waals surface area contributed by atoms with E-state index in [0.29, 0.717) is 19.7 Å². The number of likely N-dealkylation sites (N-methyl/N-ethyl adjacent to an activating group) is 1. The summed E-state index contributed by atoms with van der Waals surface area (Å²) in [5, 5.41) is 8.91. The number of ether oxygens (including phenoxy) is 1. The van der Waals surface area contributed by atoms with Crippen LogP contribution < -0.4 is 4.90 Å². The van der Waals surface area contributed by atoms with Crippen molar-refractivity contribution >= 4 is 27.6 Å². The van der Waals surface area contributed by atoms with E-state index in [-0.39, 0.29) is 19.0 Å². The molecule has 0 bridgehead atoms. The lowest BCUT2D eigenvalue weighted by Crippen LogP contribution is -2.51. The van der Waals surface area contributed by atoms with Gasteiger partial charge in [-0.05, 0) is 12.1 Å². The number of rotatable bonds is 8. The topological polar surface area (TPSA) is 107 Å². The second kappa shape index (κ2) is 9.27. The lowest BCUT2D eigenvalue weighted by molar-refractivity contribution is -0.137. The zero-order chi connectivity index (χ0) is 20.0. The zero-order valence-corrected chi connectivity index (χ0v) is 16.3. The molecule has 1 aromatic rings. The minimum absolute atomic E-state index is 0.0651. The van der Waals surface area contributed by atoms with Crippen molar-refractivity contribution in [3.8, 4) is 0 Å². The zero-order valence-electron chi connectivity index (χ0n) is 15.4. The number of benzene rings is 1. The first kappa shape index (κ1) is 21.3. The summed E-state index contributed by atoms with van der Waals surface area (Å²) < 4.78 is 30.0. The van der Waals surface area contributed by atoms with Crippen LogP contribution in [0.15, 0.2) is 30.3 Å². The van der Waals surface area contributed by atoms with E-state index >= 15 is 0 Å². The summed E-state index contributed by atoms with van der Waals surface area (Å²) in [5.74, 6) is -1.32. The van der Waals surface area contributed by atoms with Gasteiger partial charge >= 0.3 is 5.97 Å². The smallest absolute Gasteiger partial charge is 0.318 e. The standard InChI is InChI=1S/C17H25N3O6S/c1-18(14-6-4-3-5-7-14)16(21)12-19-8-9-26-15(10-19)11-20(13-17(22)23)27(2,24)25/h3-7,15H,8-13H2,1-2H3,(H,22,23). The van der Waals surface area contributed by atoms with Gasteiger partial charge in [0.15, 0.2) is 0 Å². The molecule has 0 radical (unpaired) electrons. The number of aliphatic carboxylic acids is 1. The summed E-state index contributed by atoms with van der Waals surface area (Å²) in [7, 11) is -1.97. The van der Waals surface area contributed by atoms with Gasteiger partial charge in [-0.2, -0.15) is 4.31 Å². The van der Waals surface area contributed by atoms with Gasteiger partial charge < -0.3 is 14.7 Å². The quantitative estimate of drug-likeness (QED) is 0.639. The number of carboxylic acids is 1. The van der Waals surface area contributed by atoms with Crippen molar-refractivity contribution in [2.24, 2.45) is 0 Å². The molecule has 27 heavy (non-hydrogen) atoms. The second-order valence-corrected chi connectivity index (χ2v) is 8.45. The first-order chi connectivity index (χ1) is 12.7. The number of carboxylic acid groups (broad SMARTS) is 1. The van der Waals surface area contributed by atoms with E-state index in [1.165, 1.54) is 0 Å². The van der Waals surface area contributed by atoms with Crippen LogP contribution in [0.4, 0.5) is 5.69 Å². The van der Waals surface area contributed by atoms with Crippen LogP contribution in [0.5, 0.6) is 0 Å². The fraction of sp³-hybridized carbons (Fsp3) is 0.529. The fourth-order valence-corrected chi connectivity index (χ4v) is 3.60. The van der Waals surface area contributed by atoms with Crippen LogP contribution in [0.1, 0.15) is 0 Å². The molecule has 9 nitrogen and oxygen atoms in total. The van der Waals surface area contributed by atoms with Crippen molar-refractivity contribution in [3.63, 3.8) is 0 Å². The third-order valence-electron chi connectivity index (χ3n) is 4.29. The normalized spacial score (nSPS) is 18.4. The summed E-state index contributed by atoms with van der Waals surface area (Å²) in [6.07, 6.45) is 0.470. The molecule has 0 aromatic heterocycles. The fourth-order valence-electron chi connectivity index (χ4n) is 2.82. The molecule has 1 saturated heterocycles. The number of morpholine rings is 1. The van der Waals surface area contributed by atoms with E-state index in [0.717, 1.165) is 16.2 Å². The molecule has 1 unspecified atom stereocenters. The average Bonchev–Trinajstić information content (AvgIpc) is 2.60. The Labute approximate surface area is 159 Å². The predicted octanol–water partition coefficient (Wildman–Crippen LogP) is -0.304. The first-order valence-electron chi connectivity index (χ1n) is 8.49. The van der Waals surface area contributed by atoms with Gasteiger partial charge in [0.05, 0.1) is 25.5 Å². The van der Waals surface area contributed by atoms with Gasteiger partial charge in [-0.3, -0.25) is 14.5 Å². The van der Waals surface area contributed by atoms with Crippen molar-refractivity contribution in [2.45, 2.75) is 6.10 Å². The maximum atomic E-state index is 12.5. The number of carbonyl (C=O) groups is 2. The van der Waals surface area contributed by atoms with Crippen LogP contribution in [-0.2, 0) is 24.3 Å². The molecule has 150 valence electrons. The number of hydrogen-bond donors (Lipinski definition) is 1. The molecular formula is C17H25N3O6S. The summed E-state index contributed by atoms with van der Waals surface area (Å²) >= 11 is 0. The Morgan fingerprint density at radius 3 is 2.56 bits per heavy atom. The van der Waals surface area contributed by atoms with E-state index in [2.05, 4.69) is 0 Å². The van der Waals surface area contributed by atoms with E-state index in [1.54, 1.807) is 11.9 Å². The highest BCUT2D eigenvalue weighted by atomic mass is 32.2. The highest BCUT2D eigenvalue weighted by molar-refractivity contribution is 7.88. The van der Waals surface area contributed by atoms with Gasteiger partial charge in [0.2, 0.25) is 15.9 Å². The van der Waals surface area contributed by atoms with Crippen LogP contribution in [0, 0.1) is 0 Å². The molecule has 1 aliphatic heterocycles. The second-order valence-electron chi connectivity index (χ2n) is 6.47. The largest absolute Gasteiger partial charge is 0.480 e. The Morgan fingerprint density at radius 2 is 1.96 bits per heavy atom. The molecule has 0 saturated carbocycles. The van der Waals surface area contributed by atoms with E-state index in [9.17, 15) is 18.0 Å². The van der Waals surface area contributed by atoms with Crippen LogP contribution in [0.25, 0.3) is 0 Å². The maximum absolute atomic E-state index is 12.5. The average molecular weight is 399 g/mol. The minimum atomic E-state index is -3.67. The van der Waals surface area contributed by atoms with Crippen molar-refractivity contribution in [1.29, 1.82) is 0 Å². The van der Waals surface area contributed by atoms with E-state index in [4.69, 9.17) is 9.84 Å². The van der Waals surface area contributed by atoms with Crippen LogP contribution in [-0.4, -0.2) is 93.3 Å². The highest BCUT2D eigenvalue weighted by Gasteiger charge is 2.29. The van der Waals surface area contributed by atoms with Gasteiger partial charge in [-0.1, -0.05) is 18.2 Å². The van der Waals surface area contributed by atoms with Gasteiger partial charge in [-0.25, -0.2) is 8.42 Å². The van der Waals surface area contributed by atoms with Crippen LogP contribution in [0.2, 0.25) is 0 Å². The molecule has 2 rings (SSSR count). The van der Waals surface area contributed by atoms with Gasteiger partial charge in [-0.15, -0.1) is 0 Å². The molecule has 1 atom stereocenters. The number of anilines is 1. The first-order valence-corrected chi connectivity index (χ1v) is 10.3. The van der Waals surface area contributed by atoms with Crippen molar-refractivity contribution in [1.82, 2.24) is 9.21 Å². The monoisotopic (exact) mass is 399 g/mol. The number of nitrogens with zero attached hydrogens (tertiary/aromatic N) is 3. The highest BCUT2D eigenvalue weighted by Crippen LogP contribution is 2.13. The minimum Gasteiger partial charge on any atom is -0.480 e. The third kappa shape index (κ3) is 6.58. The SMILES string of the molecule is CN(C(=O)CN1CCOC(CN(CC(=O)O)S(C)(=O)=O)C1)c1ccccc1. The molecule has 1 N–H and O–H groups in total. The summed E-state index contributed by atoms with van der Waals surface area (Å²) in [6.45, 7) is 0.724. The van der Waals surface area contributed by atoms with Gasteiger partial charge in [0.25, 0.3) is 0 Å². The van der Waals surface area contributed by atoms with Gasteiger partial charge in [0, 0.05) is 32.4 Å². The molecular weight excluding hydrogens is 374 g/mol. The van der Waals surface area contributed by atoms with Crippen LogP contribution in [0.3, 0.4) is 0 Å². The third-order valence-corrected chi connectivity index (χ3v) is 5.50. The number of carbonyl (C=O) groups excluding carboxylic acids is 1. The van der Waals surface area contributed by atoms with Gasteiger partial charge in [0.1, 0.15) is 6.54 Å². The Hall–Kier alpha value is -2.01. The maximum Gasteiger partial charge on any atom is 0.318 e. The number of amides is 1. The Kier molecular flexibility index (Phi) is 7.31. The molecule has 1 amide bonds. The molecule has 10 heteroatoms.